The normalized spacial score (nSPS) is 10.3. The van der Waals surface area contributed by atoms with E-state index in [0.717, 1.165) is 24.3 Å². The lowest BCUT2D eigenvalue weighted by Gasteiger charge is -2.15. The van der Waals surface area contributed by atoms with E-state index in [2.05, 4.69) is 0 Å². The lowest BCUT2D eigenvalue weighted by atomic mass is 9.87. The smallest absolute Gasteiger partial charge is 0.337 e. The summed E-state index contributed by atoms with van der Waals surface area (Å²) in [6.07, 6.45) is 0. The monoisotopic (exact) mass is 348 g/mol. The number of hydrogen-bond acceptors (Lipinski definition) is 4. The van der Waals surface area contributed by atoms with Gasteiger partial charge in [-0.15, -0.1) is 0 Å². The molecule has 0 saturated carbocycles. The van der Waals surface area contributed by atoms with Crippen molar-refractivity contribution >= 4 is 23.9 Å². The van der Waals surface area contributed by atoms with Crippen LogP contribution in [0.1, 0.15) is 41.4 Å². The number of carboxylic acid groups (broad SMARTS) is 4. The minimum atomic E-state index is -1.80. The zero-order valence-electron chi connectivity index (χ0n) is 12.2. The van der Waals surface area contributed by atoms with Crippen molar-refractivity contribution in [2.45, 2.75) is 0 Å². The molecule has 0 radical (unpaired) electrons. The van der Waals surface area contributed by atoms with E-state index < -0.39 is 57.5 Å². The van der Waals surface area contributed by atoms with Crippen LogP contribution in [0, 0.1) is 5.82 Å². The van der Waals surface area contributed by atoms with Crippen molar-refractivity contribution in [3.05, 3.63) is 58.4 Å². The molecule has 0 bridgehead atoms. The van der Waals surface area contributed by atoms with E-state index in [4.69, 9.17) is 0 Å². The van der Waals surface area contributed by atoms with Gasteiger partial charge in [-0.2, -0.15) is 0 Å². The Hall–Kier alpha value is -3.75. The summed E-state index contributed by atoms with van der Waals surface area (Å²) in [6, 6.07) is 4.54. The minimum absolute atomic E-state index is 0.277. The molecule has 0 aliphatic carbocycles. The third-order valence-corrected chi connectivity index (χ3v) is 3.33. The third-order valence-electron chi connectivity index (χ3n) is 3.33. The van der Waals surface area contributed by atoms with Crippen LogP contribution in [0.25, 0.3) is 11.1 Å². The van der Waals surface area contributed by atoms with Gasteiger partial charge in [0, 0.05) is 5.56 Å². The fourth-order valence-corrected chi connectivity index (χ4v) is 2.40. The summed E-state index contributed by atoms with van der Waals surface area (Å²) in [5.41, 5.74) is -4.71. The average Bonchev–Trinajstić information content (AvgIpc) is 2.52. The van der Waals surface area contributed by atoms with Crippen molar-refractivity contribution in [2.75, 3.05) is 0 Å². The Morgan fingerprint density at radius 3 is 1.56 bits per heavy atom. The first-order chi connectivity index (χ1) is 11.6. The second-order valence-corrected chi connectivity index (χ2v) is 4.83. The number of carboxylic acids is 4. The molecule has 0 spiro atoms. The summed E-state index contributed by atoms with van der Waals surface area (Å²) < 4.78 is 13.5. The van der Waals surface area contributed by atoms with Crippen LogP contribution in [-0.2, 0) is 0 Å². The standard InChI is InChI=1S/C16H9FO8/c17-7-3-1-2-6(4-7)10-11(15(22)23)8(13(18)19)5-9(14(20)21)12(10)16(24)25/h1-5H,(H,18,19)(H,20,21)(H,22,23)(H,24,25). The largest absolute Gasteiger partial charge is 0.478 e. The van der Waals surface area contributed by atoms with Gasteiger partial charge in [0.1, 0.15) is 5.82 Å². The molecule has 0 aromatic heterocycles. The molecule has 2 aromatic carbocycles. The SMILES string of the molecule is O=C(O)c1cc(C(=O)O)c(C(=O)O)c(-c2cccc(F)c2)c1C(=O)O. The summed E-state index contributed by atoms with van der Waals surface area (Å²) in [5, 5.41) is 37.1. The van der Waals surface area contributed by atoms with Crippen LogP contribution < -0.4 is 0 Å². The zero-order valence-corrected chi connectivity index (χ0v) is 12.2. The highest BCUT2D eigenvalue weighted by Crippen LogP contribution is 2.34. The van der Waals surface area contributed by atoms with Crippen molar-refractivity contribution in [3.8, 4) is 11.1 Å². The van der Waals surface area contributed by atoms with Crippen LogP contribution >= 0.6 is 0 Å². The quantitative estimate of drug-likeness (QED) is 0.643. The van der Waals surface area contributed by atoms with Crippen LogP contribution in [0.5, 0.6) is 0 Å². The van der Waals surface area contributed by atoms with Crippen molar-refractivity contribution in [1.29, 1.82) is 0 Å². The Labute approximate surface area is 138 Å². The first kappa shape index (κ1) is 17.6. The topological polar surface area (TPSA) is 149 Å². The minimum Gasteiger partial charge on any atom is -0.478 e. The molecule has 0 fully saturated rings. The maximum atomic E-state index is 13.5. The number of rotatable bonds is 5. The van der Waals surface area contributed by atoms with Gasteiger partial charge in [-0.05, 0) is 23.8 Å². The fourth-order valence-electron chi connectivity index (χ4n) is 2.40. The molecule has 4 N–H and O–H groups in total. The highest BCUT2D eigenvalue weighted by molar-refractivity contribution is 6.15. The highest BCUT2D eigenvalue weighted by Gasteiger charge is 2.31. The summed E-state index contributed by atoms with van der Waals surface area (Å²) >= 11 is 0. The van der Waals surface area contributed by atoms with Crippen molar-refractivity contribution < 1.29 is 44.0 Å². The molecular weight excluding hydrogens is 339 g/mol. The van der Waals surface area contributed by atoms with Gasteiger partial charge in [0.25, 0.3) is 0 Å². The van der Waals surface area contributed by atoms with Gasteiger partial charge in [-0.1, -0.05) is 12.1 Å². The predicted octanol–water partition coefficient (Wildman–Crippen LogP) is 2.29. The van der Waals surface area contributed by atoms with Gasteiger partial charge >= 0.3 is 23.9 Å². The lowest BCUT2D eigenvalue weighted by molar-refractivity contribution is 0.0638. The average molecular weight is 348 g/mol. The number of carbonyl (C=O) groups is 4. The molecule has 0 unspecified atom stereocenters. The van der Waals surface area contributed by atoms with E-state index >= 15 is 0 Å². The van der Waals surface area contributed by atoms with Gasteiger partial charge in [-0.3, -0.25) is 0 Å². The van der Waals surface area contributed by atoms with Crippen molar-refractivity contribution in [3.63, 3.8) is 0 Å². The first-order valence-electron chi connectivity index (χ1n) is 6.55. The van der Waals surface area contributed by atoms with Gasteiger partial charge < -0.3 is 20.4 Å². The molecule has 0 heterocycles. The third kappa shape index (κ3) is 3.15. The Kier molecular flexibility index (Phi) is 4.50. The Morgan fingerprint density at radius 1 is 0.720 bits per heavy atom. The van der Waals surface area contributed by atoms with Crippen LogP contribution in [0.4, 0.5) is 4.39 Å². The number of hydrogen-bond donors (Lipinski definition) is 4. The summed E-state index contributed by atoms with van der Waals surface area (Å²) in [4.78, 5) is 45.8. The Bertz CT molecular complexity index is 882. The van der Waals surface area contributed by atoms with Gasteiger partial charge in [-0.25, -0.2) is 23.6 Å². The molecule has 25 heavy (non-hydrogen) atoms. The highest BCUT2D eigenvalue weighted by atomic mass is 19.1. The van der Waals surface area contributed by atoms with Crippen LogP contribution in [-0.4, -0.2) is 44.3 Å². The summed E-state index contributed by atoms with van der Waals surface area (Å²) in [5.74, 6) is -7.97. The molecule has 9 heteroatoms. The number of benzene rings is 2. The van der Waals surface area contributed by atoms with E-state index in [0.29, 0.717) is 6.07 Å². The zero-order chi connectivity index (χ0) is 18.9. The molecule has 0 amide bonds. The van der Waals surface area contributed by atoms with Crippen LogP contribution in [0.3, 0.4) is 0 Å². The Morgan fingerprint density at radius 2 is 1.20 bits per heavy atom. The maximum absolute atomic E-state index is 13.5. The number of halogens is 1. The van der Waals surface area contributed by atoms with Crippen molar-refractivity contribution in [1.82, 2.24) is 0 Å². The molecular formula is C16H9FO8. The first-order valence-corrected chi connectivity index (χ1v) is 6.55. The van der Waals surface area contributed by atoms with Crippen molar-refractivity contribution in [2.24, 2.45) is 0 Å². The second kappa shape index (κ2) is 6.40. The molecule has 0 saturated heterocycles. The number of aromatic carboxylic acids is 4. The lowest BCUT2D eigenvalue weighted by Crippen LogP contribution is -2.18. The summed E-state index contributed by atoms with van der Waals surface area (Å²) in [6.45, 7) is 0. The second-order valence-electron chi connectivity index (χ2n) is 4.83. The molecule has 2 rings (SSSR count). The fraction of sp³-hybridized carbons (Fsp3) is 0. The molecule has 0 aliphatic rings. The van der Waals surface area contributed by atoms with E-state index in [1.54, 1.807) is 0 Å². The molecule has 0 aliphatic heterocycles. The van der Waals surface area contributed by atoms with E-state index in [-0.39, 0.29) is 5.56 Å². The van der Waals surface area contributed by atoms with Crippen LogP contribution in [0.2, 0.25) is 0 Å². The van der Waals surface area contributed by atoms with Gasteiger partial charge in [0.2, 0.25) is 0 Å². The molecule has 0 atom stereocenters. The van der Waals surface area contributed by atoms with E-state index in [1.165, 1.54) is 0 Å². The predicted molar refractivity (Wildman–Crippen MR) is 79.7 cm³/mol. The maximum Gasteiger partial charge on any atom is 0.337 e. The molecule has 2 aromatic rings. The molecule has 8 nitrogen and oxygen atoms in total. The van der Waals surface area contributed by atoms with E-state index in [9.17, 15) is 44.0 Å². The van der Waals surface area contributed by atoms with Crippen LogP contribution in [0.15, 0.2) is 30.3 Å². The van der Waals surface area contributed by atoms with Gasteiger partial charge in [0.15, 0.2) is 0 Å². The summed E-state index contributed by atoms with van der Waals surface area (Å²) in [7, 11) is 0. The molecule has 128 valence electrons. The van der Waals surface area contributed by atoms with Gasteiger partial charge in [0.05, 0.1) is 22.3 Å². The Balaban J connectivity index is 3.13. The van der Waals surface area contributed by atoms with E-state index in [1.807, 2.05) is 0 Å².